The Hall–Kier alpha value is -1.03. The summed E-state index contributed by atoms with van der Waals surface area (Å²) in [4.78, 5) is 0. The Morgan fingerprint density at radius 1 is 0.920 bits per heavy atom. The molecule has 0 aromatic carbocycles. The fourth-order valence-corrected chi connectivity index (χ4v) is 5.13. The van der Waals surface area contributed by atoms with Crippen LogP contribution in [0, 0.1) is 35.0 Å². The van der Waals surface area contributed by atoms with E-state index in [1.54, 1.807) is 11.6 Å². The van der Waals surface area contributed by atoms with Crippen molar-refractivity contribution in [1.82, 2.24) is 0 Å². The van der Waals surface area contributed by atoms with Crippen LogP contribution >= 0.6 is 0 Å². The molecule has 1 nitrogen and oxygen atoms in total. The van der Waals surface area contributed by atoms with E-state index >= 15 is 0 Å². The molecule has 0 unspecified atom stereocenters. The molecule has 2 aliphatic rings. The molecule has 25 heavy (non-hydrogen) atoms. The van der Waals surface area contributed by atoms with Crippen molar-refractivity contribution in [1.29, 1.82) is 5.26 Å². The molecular formula is C24H39N. The summed E-state index contributed by atoms with van der Waals surface area (Å²) in [7, 11) is 0. The van der Waals surface area contributed by atoms with Crippen molar-refractivity contribution in [2.45, 2.75) is 96.8 Å². The van der Waals surface area contributed by atoms with Crippen LogP contribution in [0.3, 0.4) is 0 Å². The molecule has 0 aromatic rings. The zero-order chi connectivity index (χ0) is 17.9. The molecule has 1 heteroatoms. The first kappa shape index (κ1) is 20.3. The molecule has 0 N–H and O–H groups in total. The summed E-state index contributed by atoms with van der Waals surface area (Å²) in [5.74, 6) is 3.50. The third-order valence-corrected chi connectivity index (χ3v) is 6.89. The van der Waals surface area contributed by atoms with Gasteiger partial charge in [0.25, 0.3) is 0 Å². The normalized spacial score (nSPS) is 30.2. The summed E-state index contributed by atoms with van der Waals surface area (Å²) in [5, 5.41) is 8.55. The van der Waals surface area contributed by atoms with E-state index in [9.17, 15) is 0 Å². The minimum absolute atomic E-state index is 0.799. The Labute approximate surface area is 156 Å². The van der Waals surface area contributed by atoms with Crippen LogP contribution in [0.1, 0.15) is 96.8 Å². The zero-order valence-corrected chi connectivity index (χ0v) is 16.5. The lowest BCUT2D eigenvalue weighted by Gasteiger charge is -2.36. The number of hydrogen-bond acceptors (Lipinski definition) is 1. The highest BCUT2D eigenvalue weighted by molar-refractivity contribution is 5.08. The second-order valence-electron chi connectivity index (χ2n) is 8.61. The smallest absolute Gasteiger partial charge is 0.0908 e. The molecule has 0 amide bonds. The van der Waals surface area contributed by atoms with Crippen molar-refractivity contribution < 1.29 is 0 Å². The third-order valence-electron chi connectivity index (χ3n) is 6.89. The minimum Gasteiger partial charge on any atom is -0.193 e. The first-order valence-electron chi connectivity index (χ1n) is 11.0. The van der Waals surface area contributed by atoms with Gasteiger partial charge in [0.2, 0.25) is 0 Å². The van der Waals surface area contributed by atoms with Crippen molar-refractivity contribution in [2.24, 2.45) is 23.7 Å². The summed E-state index contributed by atoms with van der Waals surface area (Å²) in [6, 6.07) is 2.09. The first-order chi connectivity index (χ1) is 12.2. The van der Waals surface area contributed by atoms with Gasteiger partial charge in [-0.15, -0.1) is 0 Å². The number of allylic oxidation sites excluding steroid dienone is 3. The minimum atomic E-state index is 0.799. The van der Waals surface area contributed by atoms with Crippen LogP contribution in [0.25, 0.3) is 0 Å². The molecule has 0 heterocycles. The zero-order valence-electron chi connectivity index (χ0n) is 16.5. The van der Waals surface area contributed by atoms with Crippen LogP contribution in [-0.4, -0.2) is 0 Å². The van der Waals surface area contributed by atoms with Gasteiger partial charge in [0.1, 0.15) is 0 Å². The lowest BCUT2D eigenvalue weighted by Crippen LogP contribution is -2.23. The van der Waals surface area contributed by atoms with E-state index in [0.29, 0.717) is 0 Å². The molecule has 0 aliphatic heterocycles. The molecular weight excluding hydrogens is 302 g/mol. The van der Waals surface area contributed by atoms with E-state index in [1.807, 2.05) is 6.08 Å². The maximum absolute atomic E-state index is 8.55. The monoisotopic (exact) mass is 341 g/mol. The predicted octanol–water partition coefficient (Wildman–Crippen LogP) is 7.60. The Balaban J connectivity index is 1.64. The average Bonchev–Trinajstić information content (AvgIpc) is 2.66. The highest BCUT2D eigenvalue weighted by Crippen LogP contribution is 2.42. The fraction of sp³-hybridized carbons (Fsp3) is 0.792. The van der Waals surface area contributed by atoms with Crippen molar-refractivity contribution in [2.75, 3.05) is 0 Å². The summed E-state index contributed by atoms with van der Waals surface area (Å²) >= 11 is 0. The molecule has 2 aliphatic carbocycles. The van der Waals surface area contributed by atoms with Gasteiger partial charge in [-0.25, -0.2) is 0 Å². The van der Waals surface area contributed by atoms with Gasteiger partial charge in [0, 0.05) is 6.08 Å². The predicted molar refractivity (Wildman–Crippen MR) is 108 cm³/mol. The second kappa shape index (κ2) is 11.6. The van der Waals surface area contributed by atoms with Crippen LogP contribution < -0.4 is 0 Å². The second-order valence-corrected chi connectivity index (χ2v) is 8.61. The van der Waals surface area contributed by atoms with Gasteiger partial charge in [-0.3, -0.25) is 0 Å². The van der Waals surface area contributed by atoms with E-state index in [-0.39, 0.29) is 0 Å². The Morgan fingerprint density at radius 3 is 2.00 bits per heavy atom. The number of hydrogen-bond donors (Lipinski definition) is 0. The lowest BCUT2D eigenvalue weighted by molar-refractivity contribution is 0.239. The maximum atomic E-state index is 8.55. The summed E-state index contributed by atoms with van der Waals surface area (Å²) < 4.78 is 0. The van der Waals surface area contributed by atoms with Crippen LogP contribution in [0.5, 0.6) is 0 Å². The molecule has 0 saturated heterocycles. The van der Waals surface area contributed by atoms with Crippen molar-refractivity contribution in [3.8, 4) is 6.07 Å². The fourth-order valence-electron chi connectivity index (χ4n) is 5.13. The third kappa shape index (κ3) is 7.01. The molecule has 2 saturated carbocycles. The topological polar surface area (TPSA) is 23.8 Å². The number of unbranched alkanes of at least 4 members (excludes halogenated alkanes) is 2. The van der Waals surface area contributed by atoms with E-state index in [1.165, 1.54) is 83.5 Å². The molecule has 0 atom stereocenters. The molecule has 2 rings (SSSR count). The Morgan fingerprint density at radius 2 is 1.48 bits per heavy atom. The lowest BCUT2D eigenvalue weighted by atomic mass is 9.70. The standard InChI is InChI=1S/C24H39N/c1-3-4-6-9-21-11-15-23(16-12-21)20(2)24-17-13-22(14-18-24)10-7-5-8-19-25/h5,8,21-24H,2-4,6-7,9-18H2,1H3/b8-5+/t21-,22-,23-,24-. The van der Waals surface area contributed by atoms with Crippen molar-refractivity contribution in [3.63, 3.8) is 0 Å². The molecule has 0 bridgehead atoms. The Kier molecular flexibility index (Phi) is 9.38. The van der Waals surface area contributed by atoms with Crippen LogP contribution in [0.2, 0.25) is 0 Å². The Bertz CT molecular complexity index is 439. The van der Waals surface area contributed by atoms with Crippen LogP contribution in [-0.2, 0) is 0 Å². The molecule has 140 valence electrons. The largest absolute Gasteiger partial charge is 0.193 e. The SMILES string of the molecule is C=C([C@H]1CC[C@H](CC/C=C/C#N)CC1)[C@H]1CC[C@H](CCCCC)CC1. The van der Waals surface area contributed by atoms with Gasteiger partial charge in [0.05, 0.1) is 6.07 Å². The van der Waals surface area contributed by atoms with Gasteiger partial charge in [0.15, 0.2) is 0 Å². The van der Waals surface area contributed by atoms with Crippen LogP contribution in [0.4, 0.5) is 0 Å². The van der Waals surface area contributed by atoms with Gasteiger partial charge >= 0.3 is 0 Å². The highest BCUT2D eigenvalue weighted by Gasteiger charge is 2.29. The molecule has 0 radical (unpaired) electrons. The molecule has 0 aromatic heterocycles. The number of rotatable bonds is 9. The van der Waals surface area contributed by atoms with Crippen molar-refractivity contribution in [3.05, 3.63) is 24.3 Å². The number of nitriles is 1. The van der Waals surface area contributed by atoms with Gasteiger partial charge in [-0.2, -0.15) is 5.26 Å². The van der Waals surface area contributed by atoms with E-state index < -0.39 is 0 Å². The van der Waals surface area contributed by atoms with Gasteiger partial charge < -0.3 is 0 Å². The van der Waals surface area contributed by atoms with Gasteiger partial charge in [-0.1, -0.05) is 50.8 Å². The first-order valence-corrected chi connectivity index (χ1v) is 11.0. The highest BCUT2D eigenvalue weighted by atomic mass is 14.3. The summed E-state index contributed by atoms with van der Waals surface area (Å²) in [6.45, 7) is 6.87. The number of nitrogens with zero attached hydrogens (tertiary/aromatic N) is 1. The van der Waals surface area contributed by atoms with Crippen molar-refractivity contribution >= 4 is 0 Å². The molecule has 2 fully saturated rings. The van der Waals surface area contributed by atoms with E-state index in [2.05, 4.69) is 19.6 Å². The summed E-state index contributed by atoms with van der Waals surface area (Å²) in [5.41, 5.74) is 1.61. The average molecular weight is 342 g/mol. The molecule has 0 spiro atoms. The van der Waals surface area contributed by atoms with E-state index in [4.69, 9.17) is 5.26 Å². The quantitative estimate of drug-likeness (QED) is 0.241. The maximum Gasteiger partial charge on any atom is 0.0908 e. The summed E-state index contributed by atoms with van der Waals surface area (Å²) in [6.07, 6.45) is 22.9. The van der Waals surface area contributed by atoms with E-state index in [0.717, 1.165) is 30.1 Å². The van der Waals surface area contributed by atoms with Crippen LogP contribution in [0.15, 0.2) is 24.3 Å². The van der Waals surface area contributed by atoms with Gasteiger partial charge in [-0.05, 0) is 87.9 Å².